The molecule has 0 fully saturated rings. The summed E-state index contributed by atoms with van der Waals surface area (Å²) in [5, 5.41) is 0. The average Bonchev–Trinajstić information content (AvgIpc) is 1.94. The van der Waals surface area contributed by atoms with E-state index >= 15 is 0 Å². The summed E-state index contributed by atoms with van der Waals surface area (Å²) >= 11 is 0. The topological polar surface area (TPSA) is 48.0 Å². The minimum Gasteiger partial charge on any atom is -0.398 e. The summed E-state index contributed by atoms with van der Waals surface area (Å²) < 4.78 is 37.2. The average molecular weight is 192 g/mol. The van der Waals surface area contributed by atoms with Gasteiger partial charge in [-0.1, -0.05) is 0 Å². The molecule has 0 amide bonds. The van der Waals surface area contributed by atoms with Crippen LogP contribution in [-0.2, 0) is 13.2 Å². The highest BCUT2D eigenvalue weighted by Crippen LogP contribution is 2.27. The molecule has 13 heavy (non-hydrogen) atoms. The third-order valence-corrected chi connectivity index (χ3v) is 1.51. The highest BCUT2D eigenvalue weighted by molar-refractivity contribution is 5.38. The van der Waals surface area contributed by atoms with Crippen molar-refractivity contribution in [1.82, 2.24) is 4.57 Å². The number of aromatic nitrogens is 1. The Bertz CT molecular complexity index is 380. The van der Waals surface area contributed by atoms with Crippen LogP contribution >= 0.6 is 0 Å². The van der Waals surface area contributed by atoms with Crippen LogP contribution in [-0.4, -0.2) is 4.57 Å². The van der Waals surface area contributed by atoms with Crippen molar-refractivity contribution >= 4 is 5.69 Å². The van der Waals surface area contributed by atoms with Crippen LogP contribution in [0.3, 0.4) is 0 Å². The van der Waals surface area contributed by atoms with Crippen LogP contribution in [0.2, 0.25) is 0 Å². The first-order valence-corrected chi connectivity index (χ1v) is 3.35. The van der Waals surface area contributed by atoms with Gasteiger partial charge in [0.25, 0.3) is 5.56 Å². The first-order valence-electron chi connectivity index (χ1n) is 3.35. The van der Waals surface area contributed by atoms with E-state index in [0.29, 0.717) is 6.07 Å². The second kappa shape index (κ2) is 2.79. The summed E-state index contributed by atoms with van der Waals surface area (Å²) in [5.41, 5.74) is 2.74. The first-order chi connectivity index (χ1) is 5.82. The van der Waals surface area contributed by atoms with Crippen molar-refractivity contribution in [2.45, 2.75) is 6.18 Å². The number of rotatable bonds is 0. The van der Waals surface area contributed by atoms with E-state index < -0.39 is 17.3 Å². The number of nitrogens with two attached hydrogens (primary N) is 1. The smallest absolute Gasteiger partial charge is 0.398 e. The highest BCUT2D eigenvalue weighted by Gasteiger charge is 2.34. The molecule has 1 heterocycles. The summed E-state index contributed by atoms with van der Waals surface area (Å²) in [6.45, 7) is 0. The maximum atomic E-state index is 12.1. The molecule has 0 saturated carbocycles. The largest absolute Gasteiger partial charge is 0.421 e. The molecule has 1 rings (SSSR count). The number of anilines is 1. The Balaban J connectivity index is 3.47. The van der Waals surface area contributed by atoms with Gasteiger partial charge in [0.15, 0.2) is 0 Å². The normalized spacial score (nSPS) is 11.7. The van der Waals surface area contributed by atoms with Gasteiger partial charge < -0.3 is 10.3 Å². The Hall–Kier alpha value is -1.46. The van der Waals surface area contributed by atoms with Crippen LogP contribution in [0.1, 0.15) is 5.56 Å². The highest BCUT2D eigenvalue weighted by atomic mass is 19.4. The van der Waals surface area contributed by atoms with Crippen LogP contribution in [0.4, 0.5) is 18.9 Å². The quantitative estimate of drug-likeness (QED) is 0.666. The molecule has 0 aliphatic carbocycles. The summed E-state index contributed by atoms with van der Waals surface area (Å²) in [4.78, 5) is 11.0. The summed E-state index contributed by atoms with van der Waals surface area (Å²) in [6.07, 6.45) is -3.51. The minimum atomic E-state index is -4.65. The number of nitrogen functional groups attached to an aromatic ring is 1. The lowest BCUT2D eigenvalue weighted by Gasteiger charge is -2.08. The van der Waals surface area contributed by atoms with E-state index in [9.17, 15) is 18.0 Å². The van der Waals surface area contributed by atoms with E-state index in [1.807, 2.05) is 0 Å². The lowest BCUT2D eigenvalue weighted by molar-refractivity contribution is -0.138. The fourth-order valence-corrected chi connectivity index (χ4v) is 0.941. The molecule has 1 aromatic heterocycles. The molecular weight excluding hydrogens is 185 g/mol. The van der Waals surface area contributed by atoms with Crippen molar-refractivity contribution in [1.29, 1.82) is 0 Å². The molecule has 0 aromatic carbocycles. The SMILES string of the molecule is Cn1cc(N)cc(C(F)(F)F)c1=O. The zero-order valence-corrected chi connectivity index (χ0v) is 6.72. The van der Waals surface area contributed by atoms with E-state index in [-0.39, 0.29) is 5.69 Å². The van der Waals surface area contributed by atoms with Crippen molar-refractivity contribution in [2.24, 2.45) is 7.05 Å². The fraction of sp³-hybridized carbons (Fsp3) is 0.286. The first kappa shape index (κ1) is 9.63. The van der Waals surface area contributed by atoms with Crippen molar-refractivity contribution in [3.8, 4) is 0 Å². The van der Waals surface area contributed by atoms with Crippen molar-refractivity contribution < 1.29 is 13.2 Å². The monoisotopic (exact) mass is 192 g/mol. The second-order valence-corrected chi connectivity index (χ2v) is 2.60. The number of halogens is 3. The van der Waals surface area contributed by atoms with Gasteiger partial charge in [0.1, 0.15) is 5.56 Å². The predicted molar refractivity (Wildman–Crippen MR) is 41.1 cm³/mol. The molecule has 0 bridgehead atoms. The molecule has 0 spiro atoms. The van der Waals surface area contributed by atoms with Gasteiger partial charge in [-0.15, -0.1) is 0 Å². The number of aryl methyl sites for hydroxylation is 1. The Labute approximate surface area is 71.6 Å². The number of alkyl halides is 3. The molecule has 0 aliphatic heterocycles. The molecule has 0 radical (unpaired) electrons. The van der Waals surface area contributed by atoms with Crippen molar-refractivity contribution in [3.63, 3.8) is 0 Å². The van der Waals surface area contributed by atoms with Gasteiger partial charge >= 0.3 is 6.18 Å². The number of hydrogen-bond acceptors (Lipinski definition) is 2. The molecule has 0 unspecified atom stereocenters. The third-order valence-electron chi connectivity index (χ3n) is 1.51. The number of nitrogens with zero attached hydrogens (tertiary/aromatic N) is 1. The van der Waals surface area contributed by atoms with E-state index in [1.54, 1.807) is 0 Å². The van der Waals surface area contributed by atoms with Crippen LogP contribution in [0.15, 0.2) is 17.1 Å². The zero-order chi connectivity index (χ0) is 10.2. The molecule has 0 saturated heterocycles. The lowest BCUT2D eigenvalue weighted by Crippen LogP contribution is -2.26. The minimum absolute atomic E-state index is 0.0885. The third kappa shape index (κ3) is 1.82. The van der Waals surface area contributed by atoms with Gasteiger partial charge in [-0.2, -0.15) is 13.2 Å². The summed E-state index contributed by atoms with van der Waals surface area (Å²) in [5.74, 6) is 0. The number of hydrogen-bond donors (Lipinski definition) is 1. The van der Waals surface area contributed by atoms with E-state index in [2.05, 4.69) is 0 Å². The van der Waals surface area contributed by atoms with Crippen LogP contribution in [0.5, 0.6) is 0 Å². The van der Waals surface area contributed by atoms with Gasteiger partial charge in [0, 0.05) is 18.9 Å². The Morgan fingerprint density at radius 3 is 2.46 bits per heavy atom. The number of pyridine rings is 1. The molecule has 3 nitrogen and oxygen atoms in total. The van der Waals surface area contributed by atoms with Gasteiger partial charge in [0.2, 0.25) is 0 Å². The molecule has 6 heteroatoms. The molecular formula is C7H7F3N2O. The standard InChI is InChI=1S/C7H7F3N2O/c1-12-3-4(11)2-5(6(12)13)7(8,9)10/h2-3H,11H2,1H3. The fourth-order valence-electron chi connectivity index (χ4n) is 0.941. The van der Waals surface area contributed by atoms with Crippen molar-refractivity contribution in [3.05, 3.63) is 28.2 Å². The van der Waals surface area contributed by atoms with Crippen LogP contribution in [0, 0.1) is 0 Å². The van der Waals surface area contributed by atoms with E-state index in [0.717, 1.165) is 10.8 Å². The van der Waals surface area contributed by atoms with Gasteiger partial charge in [0.05, 0.1) is 0 Å². The van der Waals surface area contributed by atoms with E-state index in [4.69, 9.17) is 5.73 Å². The Morgan fingerprint density at radius 2 is 2.00 bits per heavy atom. The van der Waals surface area contributed by atoms with Gasteiger partial charge in [-0.05, 0) is 6.07 Å². The Kier molecular flexibility index (Phi) is 2.07. The molecule has 1 aromatic rings. The predicted octanol–water partition coefficient (Wildman–Crippen LogP) is 0.986. The van der Waals surface area contributed by atoms with Gasteiger partial charge in [-0.3, -0.25) is 4.79 Å². The Morgan fingerprint density at radius 1 is 1.46 bits per heavy atom. The maximum Gasteiger partial charge on any atom is 0.421 e. The molecule has 0 atom stereocenters. The lowest BCUT2D eigenvalue weighted by atomic mass is 10.2. The maximum absolute atomic E-state index is 12.1. The molecule has 0 aliphatic rings. The van der Waals surface area contributed by atoms with Crippen molar-refractivity contribution in [2.75, 3.05) is 5.73 Å². The van der Waals surface area contributed by atoms with E-state index in [1.165, 1.54) is 7.05 Å². The summed E-state index contributed by atoms with van der Waals surface area (Å²) in [6, 6.07) is 0.627. The van der Waals surface area contributed by atoms with Crippen LogP contribution in [0.25, 0.3) is 0 Å². The van der Waals surface area contributed by atoms with Gasteiger partial charge in [-0.25, -0.2) is 0 Å². The summed E-state index contributed by atoms with van der Waals surface area (Å²) in [7, 11) is 1.22. The zero-order valence-electron chi connectivity index (χ0n) is 6.72. The molecule has 2 N–H and O–H groups in total. The molecule has 72 valence electrons. The second-order valence-electron chi connectivity index (χ2n) is 2.60. The van der Waals surface area contributed by atoms with Crippen LogP contribution < -0.4 is 11.3 Å².